The fraction of sp³-hybridized carbons (Fsp3) is 0.304. The number of alkyl halides is 3. The Morgan fingerprint density at radius 1 is 1.12 bits per heavy atom. The quantitative estimate of drug-likeness (QED) is 0.392. The molecule has 3 rings (SSSR count). The highest BCUT2D eigenvalue weighted by Gasteiger charge is 2.30. The van der Waals surface area contributed by atoms with E-state index in [9.17, 15) is 27.9 Å². The minimum atomic E-state index is -4.44. The van der Waals surface area contributed by atoms with Crippen LogP contribution in [-0.2, 0) is 22.2 Å². The number of halogens is 3. The highest BCUT2D eigenvalue weighted by Crippen LogP contribution is 2.30. The van der Waals surface area contributed by atoms with E-state index < -0.39 is 29.8 Å². The number of ether oxygens (including phenoxy) is 1. The van der Waals surface area contributed by atoms with Crippen LogP contribution in [0.3, 0.4) is 0 Å². The maximum absolute atomic E-state index is 12.7. The van der Waals surface area contributed by atoms with Crippen molar-refractivity contribution in [3.63, 3.8) is 0 Å². The van der Waals surface area contributed by atoms with E-state index in [4.69, 9.17) is 4.74 Å². The molecule has 0 bridgehead atoms. The van der Waals surface area contributed by atoms with Gasteiger partial charge in [-0.05, 0) is 35.9 Å². The van der Waals surface area contributed by atoms with Gasteiger partial charge in [-0.15, -0.1) is 0 Å². The van der Waals surface area contributed by atoms with Gasteiger partial charge in [0.05, 0.1) is 5.56 Å². The molecular weight excluding hydrogens is 439 g/mol. The lowest BCUT2D eigenvalue weighted by molar-refractivity contribution is -0.137. The normalized spacial score (nSPS) is 13.4. The largest absolute Gasteiger partial charge is 0.491 e. The molecule has 176 valence electrons. The molecule has 0 aliphatic heterocycles. The first-order valence-corrected chi connectivity index (χ1v) is 10.2. The van der Waals surface area contributed by atoms with Crippen molar-refractivity contribution in [1.29, 1.82) is 0 Å². The Kier molecular flexibility index (Phi) is 7.59. The molecule has 2 amide bonds. The lowest BCUT2D eigenvalue weighted by atomic mass is 10.0. The van der Waals surface area contributed by atoms with Crippen LogP contribution in [0.1, 0.15) is 18.1 Å². The number of aromatic nitrogens is 1. The van der Waals surface area contributed by atoms with E-state index in [1.807, 2.05) is 24.3 Å². The van der Waals surface area contributed by atoms with Crippen LogP contribution in [0.5, 0.6) is 5.75 Å². The topological polar surface area (TPSA) is 103 Å². The van der Waals surface area contributed by atoms with Gasteiger partial charge in [-0.1, -0.05) is 18.2 Å². The molecule has 2 aromatic carbocycles. The summed E-state index contributed by atoms with van der Waals surface area (Å²) >= 11 is 0. The summed E-state index contributed by atoms with van der Waals surface area (Å²) in [6, 6.07) is 10.8. The lowest BCUT2D eigenvalue weighted by Gasteiger charge is -2.19. The molecule has 33 heavy (non-hydrogen) atoms. The summed E-state index contributed by atoms with van der Waals surface area (Å²) in [7, 11) is 0. The highest BCUT2D eigenvalue weighted by molar-refractivity contribution is 5.89. The number of H-pyrrole nitrogens is 1. The Morgan fingerprint density at radius 2 is 1.82 bits per heavy atom. The molecule has 0 saturated heterocycles. The molecule has 0 aliphatic rings. The molecule has 0 aliphatic carbocycles. The molecule has 7 nitrogen and oxygen atoms in total. The second-order valence-corrected chi connectivity index (χ2v) is 7.55. The number of benzene rings is 2. The Labute approximate surface area is 187 Å². The molecule has 1 aromatic heterocycles. The smallest absolute Gasteiger partial charge is 0.416 e. The van der Waals surface area contributed by atoms with Crippen molar-refractivity contribution >= 4 is 22.7 Å². The van der Waals surface area contributed by atoms with Crippen molar-refractivity contribution < 1.29 is 32.6 Å². The van der Waals surface area contributed by atoms with Crippen molar-refractivity contribution in [2.45, 2.75) is 31.7 Å². The number of carbonyl (C=O) groups is 2. The van der Waals surface area contributed by atoms with Crippen molar-refractivity contribution in [2.75, 3.05) is 13.2 Å². The number of rotatable bonds is 9. The predicted octanol–water partition coefficient (Wildman–Crippen LogP) is 2.79. The van der Waals surface area contributed by atoms with Crippen LogP contribution in [0.4, 0.5) is 13.2 Å². The van der Waals surface area contributed by atoms with Gasteiger partial charge in [-0.25, -0.2) is 0 Å². The van der Waals surface area contributed by atoms with E-state index in [0.29, 0.717) is 0 Å². The number of aliphatic hydroxyl groups is 1. The van der Waals surface area contributed by atoms with Gasteiger partial charge in [-0.2, -0.15) is 13.2 Å². The maximum atomic E-state index is 12.7. The Balaban J connectivity index is 1.53. The van der Waals surface area contributed by atoms with Crippen molar-refractivity contribution in [3.8, 4) is 5.75 Å². The fourth-order valence-electron chi connectivity index (χ4n) is 3.31. The van der Waals surface area contributed by atoms with E-state index in [-0.39, 0.29) is 31.2 Å². The van der Waals surface area contributed by atoms with Gasteiger partial charge in [0.15, 0.2) is 0 Å². The Bertz CT molecular complexity index is 1100. The molecule has 0 radical (unpaired) electrons. The van der Waals surface area contributed by atoms with Crippen LogP contribution < -0.4 is 15.4 Å². The summed E-state index contributed by atoms with van der Waals surface area (Å²) < 4.78 is 43.1. The fourth-order valence-corrected chi connectivity index (χ4v) is 3.31. The second kappa shape index (κ2) is 10.4. The van der Waals surface area contributed by atoms with Crippen molar-refractivity contribution in [3.05, 3.63) is 65.9 Å². The number of hydrogen-bond acceptors (Lipinski definition) is 4. The average Bonchev–Trinajstić information content (AvgIpc) is 3.18. The second-order valence-electron chi connectivity index (χ2n) is 7.55. The number of aliphatic hydroxyl groups excluding tert-OH is 1. The van der Waals surface area contributed by atoms with Gasteiger partial charge < -0.3 is 25.5 Å². The Morgan fingerprint density at radius 3 is 2.48 bits per heavy atom. The third-order valence-corrected chi connectivity index (χ3v) is 4.93. The van der Waals surface area contributed by atoms with Gasteiger partial charge in [0.1, 0.15) is 24.5 Å². The molecule has 2 atom stereocenters. The van der Waals surface area contributed by atoms with Crippen LogP contribution in [0.25, 0.3) is 10.9 Å². The Hall–Kier alpha value is -3.53. The number of aromatic amines is 1. The molecule has 2 unspecified atom stereocenters. The van der Waals surface area contributed by atoms with E-state index >= 15 is 0 Å². The first kappa shape index (κ1) is 24.1. The summed E-state index contributed by atoms with van der Waals surface area (Å²) in [6.45, 7) is 0.907. The number of hydrogen-bond donors (Lipinski definition) is 4. The molecule has 3 aromatic rings. The summed E-state index contributed by atoms with van der Waals surface area (Å²) in [5.74, 6) is -0.700. The first-order valence-electron chi connectivity index (χ1n) is 10.2. The molecule has 0 saturated carbocycles. The van der Waals surface area contributed by atoms with Crippen molar-refractivity contribution in [2.24, 2.45) is 0 Å². The third-order valence-electron chi connectivity index (χ3n) is 4.93. The van der Waals surface area contributed by atoms with E-state index in [1.165, 1.54) is 6.92 Å². The zero-order valence-electron chi connectivity index (χ0n) is 17.8. The minimum absolute atomic E-state index is 0.156. The minimum Gasteiger partial charge on any atom is -0.491 e. The molecule has 0 fully saturated rings. The molecule has 10 heteroatoms. The van der Waals surface area contributed by atoms with Gasteiger partial charge in [-0.3, -0.25) is 9.59 Å². The standard InChI is InChI=1S/C23H24F3N3O4/c1-14(30)29-21(10-15-11-27-20-5-3-2-4-19(15)20)22(32)28-12-17(31)13-33-18-8-6-16(7-9-18)23(24,25)26/h2-9,11,17,21,27,31H,10,12-13H2,1H3,(H,28,32)(H,29,30). The van der Waals surface area contributed by atoms with Crippen LogP contribution >= 0.6 is 0 Å². The number of fused-ring (bicyclic) bond motifs is 1. The summed E-state index contributed by atoms with van der Waals surface area (Å²) in [5, 5.41) is 16.2. The molecular formula is C23H24F3N3O4. The molecule has 1 heterocycles. The van der Waals surface area contributed by atoms with Crippen LogP contribution in [0.2, 0.25) is 0 Å². The van der Waals surface area contributed by atoms with Gasteiger partial charge in [0.2, 0.25) is 11.8 Å². The van der Waals surface area contributed by atoms with Crippen molar-refractivity contribution in [1.82, 2.24) is 15.6 Å². The van der Waals surface area contributed by atoms with Crippen LogP contribution in [0, 0.1) is 0 Å². The highest BCUT2D eigenvalue weighted by atomic mass is 19.4. The lowest BCUT2D eigenvalue weighted by Crippen LogP contribution is -2.49. The third kappa shape index (κ3) is 6.72. The van der Waals surface area contributed by atoms with Gasteiger partial charge in [0.25, 0.3) is 0 Å². The SMILES string of the molecule is CC(=O)NC(Cc1c[nH]c2ccccc12)C(=O)NCC(O)COc1ccc(C(F)(F)F)cc1. The zero-order chi connectivity index (χ0) is 24.0. The monoisotopic (exact) mass is 463 g/mol. The summed E-state index contributed by atoms with van der Waals surface area (Å²) in [4.78, 5) is 27.4. The molecule has 0 spiro atoms. The predicted molar refractivity (Wildman–Crippen MR) is 116 cm³/mol. The van der Waals surface area contributed by atoms with Crippen LogP contribution in [0.15, 0.2) is 54.7 Å². The van der Waals surface area contributed by atoms with Gasteiger partial charge in [0, 0.05) is 37.0 Å². The van der Waals surface area contributed by atoms with E-state index in [1.54, 1.807) is 6.20 Å². The zero-order valence-corrected chi connectivity index (χ0v) is 17.8. The number of para-hydroxylation sites is 1. The molecule has 4 N–H and O–H groups in total. The summed E-state index contributed by atoms with van der Waals surface area (Å²) in [6.07, 6.45) is -3.53. The maximum Gasteiger partial charge on any atom is 0.416 e. The van der Waals surface area contributed by atoms with Crippen LogP contribution in [-0.4, -0.2) is 47.2 Å². The first-order chi connectivity index (χ1) is 15.6. The number of amides is 2. The van der Waals surface area contributed by atoms with E-state index in [2.05, 4.69) is 15.6 Å². The van der Waals surface area contributed by atoms with E-state index in [0.717, 1.165) is 40.7 Å². The average molecular weight is 463 g/mol. The number of carbonyl (C=O) groups excluding carboxylic acids is 2. The van der Waals surface area contributed by atoms with Gasteiger partial charge >= 0.3 is 6.18 Å². The summed E-state index contributed by atoms with van der Waals surface area (Å²) in [5.41, 5.74) is 0.956. The number of nitrogens with one attached hydrogen (secondary N) is 3.